The molecule has 0 fully saturated rings. The van der Waals surface area contributed by atoms with Gasteiger partial charge in [0.15, 0.2) is 30.9 Å². The van der Waals surface area contributed by atoms with Crippen LogP contribution in [0.25, 0.3) is 0 Å². The van der Waals surface area contributed by atoms with E-state index in [9.17, 15) is 0 Å². The van der Waals surface area contributed by atoms with Crippen molar-refractivity contribution in [1.82, 2.24) is 0 Å². The maximum Gasteiger partial charge on any atom is 2.00 e. The van der Waals surface area contributed by atoms with E-state index in [1.165, 1.54) is 0 Å². The molecule has 105 valence electrons. The Morgan fingerprint density at radius 1 is 0.588 bits per heavy atom. The minimum Gasteiger partial charge on any atom is -0.736 e. The quantitative estimate of drug-likeness (QED) is 0.268. The summed E-state index contributed by atoms with van der Waals surface area (Å²) in [6.07, 6.45) is 0. The molecule has 0 heterocycles. The molecule has 0 amide bonds. The van der Waals surface area contributed by atoms with Crippen LogP contribution in [0.2, 0.25) is 0 Å². The molecule has 17 heteroatoms. The molecule has 6 N–H and O–H groups in total. The number of rotatable bonds is 0. The zero-order chi connectivity index (χ0) is 13.5. The van der Waals surface area contributed by atoms with Crippen molar-refractivity contribution < 1.29 is 85.5 Å². The molecule has 0 aliphatic carbocycles. The van der Waals surface area contributed by atoms with Crippen LogP contribution in [-0.4, -0.2) is 38.9 Å². The third kappa shape index (κ3) is 3070. The third-order valence-corrected chi connectivity index (χ3v) is 0. The smallest absolute Gasteiger partial charge is 0.736 e. The van der Waals surface area contributed by atoms with Crippen molar-refractivity contribution in [2.75, 3.05) is 0 Å². The molecule has 0 atom stereocenters. The Balaban J connectivity index is -0.0000000400. The molecule has 17 heavy (non-hydrogen) atoms. The fourth-order valence-electron chi connectivity index (χ4n) is 0. The van der Waals surface area contributed by atoms with Gasteiger partial charge in [-0.1, -0.05) is 0 Å². The Labute approximate surface area is 131 Å². The van der Waals surface area contributed by atoms with Gasteiger partial charge in [0.05, 0.1) is 0 Å². The summed E-state index contributed by atoms with van der Waals surface area (Å²) in [6.45, 7) is 0. The van der Waals surface area contributed by atoms with E-state index in [1.54, 1.807) is 0 Å². The standard InChI is InChI=1S/Cu.3H3NO3S.Na/c;3*1-5(2,3)4;/h;3*(H3,1,2,3,4);/q+2;;;;+1/p-3. The van der Waals surface area contributed by atoms with Crippen LogP contribution in [0.1, 0.15) is 0 Å². The predicted molar refractivity (Wildman–Crippen MR) is 41.7 cm³/mol. The van der Waals surface area contributed by atoms with Gasteiger partial charge in [0, 0.05) is 0 Å². The number of hydrogen-bond donors (Lipinski definition) is 3. The molecule has 0 aromatic carbocycles. The van der Waals surface area contributed by atoms with Gasteiger partial charge in [-0.15, -0.1) is 0 Å². The second kappa shape index (κ2) is 12.2. The molecular weight excluding hydrogens is 369 g/mol. The summed E-state index contributed by atoms with van der Waals surface area (Å²) < 4.78 is 79.7. The Hall–Kier alpha value is 1.13. The average molecular weight is 375 g/mol. The molecule has 0 spiro atoms. The monoisotopic (exact) mass is 374 g/mol. The molecule has 0 aromatic heterocycles. The first kappa shape index (κ1) is 30.9. The van der Waals surface area contributed by atoms with Crippen LogP contribution in [0.15, 0.2) is 0 Å². The fourth-order valence-corrected chi connectivity index (χ4v) is 0. The van der Waals surface area contributed by atoms with E-state index < -0.39 is 30.9 Å². The van der Waals surface area contributed by atoms with E-state index in [1.807, 2.05) is 0 Å². The fraction of sp³-hybridized carbons (Fsp3) is 0. The molecule has 0 rings (SSSR count). The van der Waals surface area contributed by atoms with E-state index in [2.05, 4.69) is 15.4 Å². The summed E-state index contributed by atoms with van der Waals surface area (Å²) in [5.41, 5.74) is 0. The molecule has 1 radical (unpaired) electrons. The van der Waals surface area contributed by atoms with Gasteiger partial charge in [0.1, 0.15) is 0 Å². The Kier molecular flexibility index (Phi) is 22.1. The molecule has 0 aliphatic rings. The topological polar surface area (TPSA) is 250 Å². The van der Waals surface area contributed by atoms with Crippen LogP contribution in [0.3, 0.4) is 0 Å². The van der Waals surface area contributed by atoms with Crippen molar-refractivity contribution in [2.45, 2.75) is 0 Å². The van der Waals surface area contributed by atoms with Crippen molar-refractivity contribution in [3.63, 3.8) is 0 Å². The largest absolute Gasteiger partial charge is 2.00 e. The Bertz CT molecular complexity index is 352. The van der Waals surface area contributed by atoms with Crippen molar-refractivity contribution in [1.29, 1.82) is 0 Å². The Morgan fingerprint density at radius 3 is 0.588 bits per heavy atom. The summed E-state index contributed by atoms with van der Waals surface area (Å²) in [6, 6.07) is 0. The van der Waals surface area contributed by atoms with Crippen molar-refractivity contribution in [3.8, 4) is 0 Å². The molecule has 0 unspecified atom stereocenters. The van der Waals surface area contributed by atoms with Crippen molar-refractivity contribution in [2.24, 2.45) is 15.4 Å². The van der Waals surface area contributed by atoms with Crippen molar-refractivity contribution >= 4 is 30.9 Å². The van der Waals surface area contributed by atoms with Crippen molar-refractivity contribution in [3.05, 3.63) is 0 Å². The molecule has 0 saturated carbocycles. The number of hydrogen-bond acceptors (Lipinski definition) is 9. The van der Waals surface area contributed by atoms with Gasteiger partial charge in [-0.25, -0.2) is 40.7 Å². The second-order valence-corrected chi connectivity index (χ2v) is 4.44. The van der Waals surface area contributed by atoms with E-state index >= 15 is 0 Å². The van der Waals surface area contributed by atoms with E-state index in [-0.39, 0.29) is 46.6 Å². The molecule has 0 bridgehead atoms. The maximum absolute atomic E-state index is 8.85. The molecule has 0 saturated heterocycles. The first-order valence-corrected chi connectivity index (χ1v) is 6.62. The van der Waals surface area contributed by atoms with E-state index in [0.717, 1.165) is 0 Å². The van der Waals surface area contributed by atoms with Gasteiger partial charge in [-0.2, -0.15) is 0 Å². The normalized spacial score (nSPS) is 10.2. The second-order valence-electron chi connectivity index (χ2n) is 1.48. The maximum atomic E-state index is 8.85. The molecule has 0 aliphatic heterocycles. The van der Waals surface area contributed by atoms with E-state index in [4.69, 9.17) is 38.9 Å². The SMILES string of the molecule is NS(=O)(=O)[O-].NS(=O)(=O)[O-].NS(=O)(=O)[O-].[Cu+2].[Na+]. The summed E-state index contributed by atoms with van der Waals surface area (Å²) in [7, 11) is -13.2. The van der Waals surface area contributed by atoms with Crippen LogP contribution >= 0.6 is 0 Å². The predicted octanol–water partition coefficient (Wildman–Crippen LogP) is -7.78. The van der Waals surface area contributed by atoms with Gasteiger partial charge >= 0.3 is 46.6 Å². The van der Waals surface area contributed by atoms with Gasteiger partial charge in [-0.3, -0.25) is 0 Å². The Morgan fingerprint density at radius 2 is 0.588 bits per heavy atom. The van der Waals surface area contributed by atoms with Gasteiger partial charge in [0.2, 0.25) is 0 Å². The molecule has 12 nitrogen and oxygen atoms in total. The average Bonchev–Trinajstić information content (AvgIpc) is 1.41. The summed E-state index contributed by atoms with van der Waals surface area (Å²) >= 11 is 0. The third-order valence-electron chi connectivity index (χ3n) is 0. The molecule has 0 aromatic rings. The zero-order valence-electron chi connectivity index (χ0n) is 7.93. The first-order chi connectivity index (χ1) is 6.00. The number of nitrogens with two attached hydrogens (primary N) is 3. The van der Waals surface area contributed by atoms with Gasteiger partial charge in [0.25, 0.3) is 0 Å². The van der Waals surface area contributed by atoms with Gasteiger partial charge in [-0.05, 0) is 0 Å². The van der Waals surface area contributed by atoms with Crippen LogP contribution in [-0.2, 0) is 48.0 Å². The summed E-state index contributed by atoms with van der Waals surface area (Å²) in [5, 5.41) is 11.3. The minimum atomic E-state index is -4.42. The first-order valence-electron chi connectivity index (χ1n) is 2.21. The summed E-state index contributed by atoms with van der Waals surface area (Å²) in [4.78, 5) is 0. The summed E-state index contributed by atoms with van der Waals surface area (Å²) in [5.74, 6) is 0. The minimum absolute atomic E-state index is 0. The van der Waals surface area contributed by atoms with Crippen LogP contribution in [0, 0.1) is 0 Å². The molecular formula is H6CuN3NaO9S3. The van der Waals surface area contributed by atoms with Crippen LogP contribution < -0.4 is 45.0 Å². The van der Waals surface area contributed by atoms with Crippen LogP contribution in [0.5, 0.6) is 0 Å². The van der Waals surface area contributed by atoms with Gasteiger partial charge < -0.3 is 13.7 Å². The van der Waals surface area contributed by atoms with E-state index in [0.29, 0.717) is 0 Å². The zero-order valence-corrected chi connectivity index (χ0v) is 13.3. The van der Waals surface area contributed by atoms with Crippen LogP contribution in [0.4, 0.5) is 0 Å².